The number of aliphatic hydroxyl groups is 1. The highest BCUT2D eigenvalue weighted by molar-refractivity contribution is 6.38. The van der Waals surface area contributed by atoms with E-state index in [1.165, 1.54) is 0 Å². The summed E-state index contributed by atoms with van der Waals surface area (Å²) in [5.74, 6) is -0.924. The first-order chi connectivity index (χ1) is 13.6. The number of rotatable bonds is 6. The fraction of sp³-hybridized carbons (Fsp3) is 0.143. The third-order valence-electron chi connectivity index (χ3n) is 4.64. The molecule has 0 fully saturated rings. The lowest BCUT2D eigenvalue weighted by atomic mass is 10.0. The summed E-state index contributed by atoms with van der Waals surface area (Å²) < 4.78 is 1.99. The number of hydrogen-bond donors (Lipinski definition) is 3. The van der Waals surface area contributed by atoms with Gasteiger partial charge in [0.05, 0.1) is 5.57 Å². The van der Waals surface area contributed by atoms with Gasteiger partial charge in [0.15, 0.2) is 0 Å². The highest BCUT2D eigenvalue weighted by atomic mass is 35.5. The van der Waals surface area contributed by atoms with Crippen LogP contribution in [0.4, 0.5) is 5.69 Å². The van der Waals surface area contributed by atoms with Crippen LogP contribution in [0.25, 0.3) is 16.5 Å². The second kappa shape index (κ2) is 7.50. The Labute approximate surface area is 166 Å². The number of aryl methyl sites for hydroxylation is 1. The molecule has 28 heavy (non-hydrogen) atoms. The monoisotopic (exact) mass is 395 g/mol. The molecule has 0 saturated carbocycles. The van der Waals surface area contributed by atoms with Crippen LogP contribution in [-0.4, -0.2) is 28.1 Å². The summed E-state index contributed by atoms with van der Waals surface area (Å²) in [6, 6.07) is 14.6. The van der Waals surface area contributed by atoms with E-state index in [-0.39, 0.29) is 12.3 Å². The molecule has 6 nitrogen and oxygen atoms in total. The van der Waals surface area contributed by atoms with Crippen molar-refractivity contribution in [3.8, 4) is 0 Å². The Bertz CT molecular complexity index is 1120. The maximum atomic E-state index is 12.6. The molecule has 2 heterocycles. The number of aromatic nitrogens is 1. The van der Waals surface area contributed by atoms with Crippen LogP contribution in [0.5, 0.6) is 0 Å². The van der Waals surface area contributed by atoms with Crippen molar-refractivity contribution >= 4 is 45.6 Å². The minimum atomic E-state index is -0.479. The van der Waals surface area contributed by atoms with Gasteiger partial charge >= 0.3 is 0 Å². The van der Waals surface area contributed by atoms with E-state index in [1.807, 2.05) is 35.0 Å². The van der Waals surface area contributed by atoms with Crippen molar-refractivity contribution in [2.75, 3.05) is 11.9 Å². The van der Waals surface area contributed by atoms with E-state index >= 15 is 0 Å². The van der Waals surface area contributed by atoms with E-state index in [9.17, 15) is 14.7 Å². The molecule has 0 bridgehead atoms. The molecule has 142 valence electrons. The first kappa shape index (κ1) is 18.3. The summed E-state index contributed by atoms with van der Waals surface area (Å²) in [7, 11) is 0. The zero-order valence-electron chi connectivity index (χ0n) is 14.9. The van der Waals surface area contributed by atoms with Crippen molar-refractivity contribution in [1.29, 1.82) is 0 Å². The largest absolute Gasteiger partial charge is 0.396 e. The van der Waals surface area contributed by atoms with Gasteiger partial charge in [-0.05, 0) is 30.7 Å². The molecule has 0 radical (unpaired) electrons. The molecule has 0 atom stereocenters. The third-order valence-corrected chi connectivity index (χ3v) is 4.88. The first-order valence-electron chi connectivity index (χ1n) is 8.90. The standard InChI is InChI=1S/C21H18ClN3O3/c22-13-5-3-6-14(11-13)23-19-18(20(27)24-21(19)28)16-12-25(9-4-10-26)17-8-2-1-7-15(16)17/h1-3,5-8,11-12,26H,4,9-10H2,(H2,23,24,27,28). The molecule has 1 aliphatic rings. The van der Waals surface area contributed by atoms with Crippen molar-refractivity contribution in [2.24, 2.45) is 0 Å². The number of para-hydroxylation sites is 1. The molecular weight excluding hydrogens is 378 g/mol. The second-order valence-electron chi connectivity index (χ2n) is 6.50. The molecule has 4 rings (SSSR count). The SMILES string of the molecule is O=C1NC(=O)C(c2cn(CCCO)c3ccccc23)=C1Nc1cccc(Cl)c1. The maximum Gasteiger partial charge on any atom is 0.275 e. The minimum absolute atomic E-state index is 0.0745. The Morgan fingerprint density at radius 2 is 1.89 bits per heavy atom. The lowest BCUT2D eigenvalue weighted by Crippen LogP contribution is -2.24. The number of halogens is 1. The highest BCUT2D eigenvalue weighted by Gasteiger charge is 2.33. The summed E-state index contributed by atoms with van der Waals surface area (Å²) in [6.07, 6.45) is 2.45. The average molecular weight is 396 g/mol. The van der Waals surface area contributed by atoms with Crippen LogP contribution in [0.2, 0.25) is 5.02 Å². The fourth-order valence-electron chi connectivity index (χ4n) is 3.41. The number of benzene rings is 2. The van der Waals surface area contributed by atoms with Gasteiger partial charge in [0.1, 0.15) is 5.70 Å². The topological polar surface area (TPSA) is 83.4 Å². The number of amides is 2. The van der Waals surface area contributed by atoms with E-state index in [1.54, 1.807) is 24.3 Å². The van der Waals surface area contributed by atoms with Crippen molar-refractivity contribution in [1.82, 2.24) is 9.88 Å². The quantitative estimate of drug-likeness (QED) is 0.560. The predicted octanol–water partition coefficient (Wildman–Crippen LogP) is 3.16. The van der Waals surface area contributed by atoms with Crippen LogP contribution in [0, 0.1) is 0 Å². The van der Waals surface area contributed by atoms with Gasteiger partial charge in [-0.1, -0.05) is 35.9 Å². The van der Waals surface area contributed by atoms with E-state index < -0.39 is 11.8 Å². The van der Waals surface area contributed by atoms with Gasteiger partial charge in [0, 0.05) is 46.5 Å². The number of aliphatic hydroxyl groups excluding tert-OH is 1. The summed E-state index contributed by atoms with van der Waals surface area (Å²) in [5, 5.41) is 16.0. The van der Waals surface area contributed by atoms with Gasteiger partial charge in [0.2, 0.25) is 0 Å². The fourth-order valence-corrected chi connectivity index (χ4v) is 3.60. The van der Waals surface area contributed by atoms with Gasteiger partial charge in [-0.25, -0.2) is 0 Å². The maximum absolute atomic E-state index is 12.6. The molecule has 3 aromatic rings. The smallest absolute Gasteiger partial charge is 0.275 e. The molecule has 1 aliphatic heterocycles. The van der Waals surface area contributed by atoms with Gasteiger partial charge in [-0.3, -0.25) is 14.9 Å². The number of nitrogens with zero attached hydrogens (tertiary/aromatic N) is 1. The van der Waals surface area contributed by atoms with Gasteiger partial charge < -0.3 is 15.0 Å². The highest BCUT2D eigenvalue weighted by Crippen LogP contribution is 2.33. The third kappa shape index (κ3) is 3.28. The molecular formula is C21H18ClN3O3. The summed E-state index contributed by atoms with van der Waals surface area (Å²) in [6.45, 7) is 0.683. The molecule has 3 N–H and O–H groups in total. The molecule has 0 spiro atoms. The van der Waals surface area contributed by atoms with E-state index in [4.69, 9.17) is 11.6 Å². The lowest BCUT2D eigenvalue weighted by molar-refractivity contribution is -0.123. The van der Waals surface area contributed by atoms with Crippen LogP contribution in [0.15, 0.2) is 60.4 Å². The van der Waals surface area contributed by atoms with E-state index in [0.717, 1.165) is 10.9 Å². The molecule has 0 saturated heterocycles. The predicted molar refractivity (Wildman–Crippen MR) is 109 cm³/mol. The summed E-state index contributed by atoms with van der Waals surface area (Å²) in [5.41, 5.74) is 2.71. The van der Waals surface area contributed by atoms with Gasteiger partial charge in [-0.15, -0.1) is 0 Å². The van der Waals surface area contributed by atoms with E-state index in [2.05, 4.69) is 10.6 Å². The number of carbonyl (C=O) groups excluding carboxylic acids is 2. The molecule has 0 aliphatic carbocycles. The number of fused-ring (bicyclic) bond motifs is 1. The molecule has 2 aromatic carbocycles. The number of imide groups is 1. The summed E-state index contributed by atoms with van der Waals surface area (Å²) in [4.78, 5) is 25.1. The van der Waals surface area contributed by atoms with Crippen LogP contribution >= 0.6 is 11.6 Å². The Kier molecular flexibility index (Phi) is 4.90. The zero-order valence-corrected chi connectivity index (χ0v) is 15.7. The minimum Gasteiger partial charge on any atom is -0.396 e. The Hall–Kier alpha value is -3.09. The lowest BCUT2D eigenvalue weighted by Gasteiger charge is -2.08. The number of carbonyl (C=O) groups is 2. The van der Waals surface area contributed by atoms with Crippen molar-refractivity contribution < 1.29 is 14.7 Å². The average Bonchev–Trinajstić information content (AvgIpc) is 3.17. The van der Waals surface area contributed by atoms with Crippen molar-refractivity contribution in [2.45, 2.75) is 13.0 Å². The van der Waals surface area contributed by atoms with Gasteiger partial charge in [0.25, 0.3) is 11.8 Å². The van der Waals surface area contributed by atoms with Crippen LogP contribution in [0.1, 0.15) is 12.0 Å². The summed E-state index contributed by atoms with van der Waals surface area (Å²) >= 11 is 6.03. The van der Waals surface area contributed by atoms with Crippen molar-refractivity contribution in [3.63, 3.8) is 0 Å². The molecule has 2 amide bonds. The van der Waals surface area contributed by atoms with Crippen LogP contribution < -0.4 is 10.6 Å². The van der Waals surface area contributed by atoms with Crippen molar-refractivity contribution in [3.05, 3.63) is 71.0 Å². The second-order valence-corrected chi connectivity index (χ2v) is 6.94. The normalized spacial score (nSPS) is 14.1. The number of hydrogen-bond acceptors (Lipinski definition) is 4. The molecule has 7 heteroatoms. The van der Waals surface area contributed by atoms with Gasteiger partial charge in [-0.2, -0.15) is 0 Å². The number of anilines is 1. The Balaban J connectivity index is 1.86. The van der Waals surface area contributed by atoms with Crippen LogP contribution in [-0.2, 0) is 16.1 Å². The number of nitrogens with one attached hydrogen (secondary N) is 2. The zero-order chi connectivity index (χ0) is 19.7. The first-order valence-corrected chi connectivity index (χ1v) is 9.28. The molecule has 0 unspecified atom stereocenters. The van der Waals surface area contributed by atoms with Crippen LogP contribution in [0.3, 0.4) is 0 Å². The Morgan fingerprint density at radius 1 is 1.07 bits per heavy atom. The Morgan fingerprint density at radius 3 is 2.68 bits per heavy atom. The van der Waals surface area contributed by atoms with E-state index in [0.29, 0.717) is 34.8 Å². The molecule has 1 aromatic heterocycles.